The number of nitrogens with zero attached hydrogens (tertiary/aromatic N) is 3. The van der Waals surface area contributed by atoms with E-state index in [1.54, 1.807) is 7.11 Å². The largest absolute Gasteiger partial charge is 0.493 e. The molecule has 2 aromatic carbocycles. The summed E-state index contributed by atoms with van der Waals surface area (Å²) in [6.07, 6.45) is 0.336. The summed E-state index contributed by atoms with van der Waals surface area (Å²) in [5, 5.41) is 15.7. The molecule has 3 aromatic rings. The van der Waals surface area contributed by atoms with Gasteiger partial charge in [0, 0.05) is 19.1 Å². The Morgan fingerprint density at radius 1 is 1.03 bits per heavy atom. The Labute approximate surface area is 215 Å². The van der Waals surface area contributed by atoms with Gasteiger partial charge in [-0.1, -0.05) is 37.3 Å². The van der Waals surface area contributed by atoms with Gasteiger partial charge < -0.3 is 19.3 Å². The highest BCUT2D eigenvalue weighted by Gasteiger charge is 2.26. The molecular weight excluding hydrogens is 454 g/mol. The molecule has 196 valence electrons. The third-order valence-electron chi connectivity index (χ3n) is 6.14. The van der Waals surface area contributed by atoms with Gasteiger partial charge in [0.25, 0.3) is 0 Å². The van der Waals surface area contributed by atoms with Crippen LogP contribution in [0.4, 0.5) is 0 Å². The van der Waals surface area contributed by atoms with Crippen LogP contribution in [0, 0.1) is 6.92 Å². The number of benzene rings is 2. The van der Waals surface area contributed by atoms with Crippen LogP contribution in [0.25, 0.3) is 5.69 Å². The van der Waals surface area contributed by atoms with Crippen molar-refractivity contribution < 1.29 is 19.3 Å². The molecule has 0 radical (unpaired) electrons. The lowest BCUT2D eigenvalue weighted by molar-refractivity contribution is -0.0593. The van der Waals surface area contributed by atoms with Crippen molar-refractivity contribution in [3.63, 3.8) is 0 Å². The lowest BCUT2D eigenvalue weighted by Crippen LogP contribution is -2.41. The summed E-state index contributed by atoms with van der Waals surface area (Å²) in [6, 6.07) is 17.8. The van der Waals surface area contributed by atoms with E-state index in [1.807, 2.05) is 87.0 Å². The zero-order valence-electron chi connectivity index (χ0n) is 22.7. The third-order valence-corrected chi connectivity index (χ3v) is 6.14. The second-order valence-corrected chi connectivity index (χ2v) is 10.1. The molecule has 0 saturated carbocycles. The number of para-hydroxylation sites is 3. The van der Waals surface area contributed by atoms with Crippen molar-refractivity contribution in [2.45, 2.75) is 72.3 Å². The molecule has 1 aromatic heterocycles. The summed E-state index contributed by atoms with van der Waals surface area (Å²) in [6.45, 7) is 13.6. The van der Waals surface area contributed by atoms with Crippen molar-refractivity contribution in [1.29, 1.82) is 0 Å². The van der Waals surface area contributed by atoms with Crippen LogP contribution >= 0.6 is 0 Å². The van der Waals surface area contributed by atoms with E-state index in [-0.39, 0.29) is 18.2 Å². The third kappa shape index (κ3) is 7.32. The highest BCUT2D eigenvalue weighted by Crippen LogP contribution is 2.36. The summed E-state index contributed by atoms with van der Waals surface area (Å²) in [4.78, 5) is 2.27. The molecular formula is C29H41N3O4. The summed E-state index contributed by atoms with van der Waals surface area (Å²) >= 11 is 0. The first-order valence-electron chi connectivity index (χ1n) is 12.6. The molecule has 2 atom stereocenters. The van der Waals surface area contributed by atoms with Gasteiger partial charge >= 0.3 is 0 Å². The quantitative estimate of drug-likeness (QED) is 0.345. The molecule has 0 aliphatic carbocycles. The lowest BCUT2D eigenvalue weighted by atomic mass is 10.1. The Kier molecular flexibility index (Phi) is 9.54. The fourth-order valence-corrected chi connectivity index (χ4v) is 3.91. The minimum atomic E-state index is -0.610. The molecule has 7 heteroatoms. The molecule has 0 fully saturated rings. The number of methoxy groups -OCH3 is 1. The Bertz CT molecular complexity index is 1090. The monoisotopic (exact) mass is 495 g/mol. The molecule has 0 saturated heterocycles. The van der Waals surface area contributed by atoms with Crippen molar-refractivity contribution in [2.24, 2.45) is 0 Å². The molecule has 1 heterocycles. The van der Waals surface area contributed by atoms with E-state index in [2.05, 4.69) is 18.7 Å². The SMILES string of the molecule is CCC(C)N(Cc1c(C)nn(-c2ccccc2)c1Oc1ccccc1OC)CC(O)COC(C)(C)C. The second-order valence-electron chi connectivity index (χ2n) is 10.1. The van der Waals surface area contributed by atoms with Crippen LogP contribution in [0.2, 0.25) is 0 Å². The molecule has 0 aliphatic heterocycles. The summed E-state index contributed by atoms with van der Waals surface area (Å²) in [7, 11) is 1.63. The van der Waals surface area contributed by atoms with E-state index >= 15 is 0 Å². The van der Waals surface area contributed by atoms with Crippen LogP contribution < -0.4 is 9.47 Å². The predicted molar refractivity (Wildman–Crippen MR) is 143 cm³/mol. The minimum Gasteiger partial charge on any atom is -0.493 e. The first-order chi connectivity index (χ1) is 17.1. The van der Waals surface area contributed by atoms with E-state index in [9.17, 15) is 5.11 Å². The minimum absolute atomic E-state index is 0.243. The number of hydrogen-bond donors (Lipinski definition) is 1. The fraction of sp³-hybridized carbons (Fsp3) is 0.483. The fourth-order valence-electron chi connectivity index (χ4n) is 3.91. The number of hydrogen-bond acceptors (Lipinski definition) is 6. The number of aliphatic hydroxyl groups is 1. The van der Waals surface area contributed by atoms with Crippen LogP contribution in [0.15, 0.2) is 54.6 Å². The highest BCUT2D eigenvalue weighted by molar-refractivity contribution is 5.47. The molecule has 0 amide bonds. The standard InChI is InChI=1S/C29H41N3O4/c1-8-21(2)31(18-24(33)20-35-29(4,5)6)19-25-22(3)30-32(23-14-10-9-11-15-23)28(25)36-27-17-13-12-16-26(27)34-7/h9-17,21,24,33H,8,18-20H2,1-7H3. The average molecular weight is 496 g/mol. The van der Waals surface area contributed by atoms with E-state index in [0.29, 0.717) is 30.5 Å². The van der Waals surface area contributed by atoms with Gasteiger partial charge in [-0.3, -0.25) is 4.90 Å². The molecule has 0 bridgehead atoms. The first-order valence-corrected chi connectivity index (χ1v) is 12.6. The van der Waals surface area contributed by atoms with Crippen LogP contribution in [0.5, 0.6) is 17.4 Å². The predicted octanol–water partition coefficient (Wildman–Crippen LogP) is 5.76. The maximum atomic E-state index is 10.8. The van der Waals surface area contributed by atoms with Gasteiger partial charge in [0.1, 0.15) is 0 Å². The molecule has 36 heavy (non-hydrogen) atoms. The Balaban J connectivity index is 1.98. The van der Waals surface area contributed by atoms with Crippen LogP contribution in [-0.4, -0.2) is 57.8 Å². The van der Waals surface area contributed by atoms with Crippen LogP contribution in [-0.2, 0) is 11.3 Å². The second kappa shape index (κ2) is 12.4. The lowest BCUT2D eigenvalue weighted by Gasteiger charge is -2.31. The highest BCUT2D eigenvalue weighted by atomic mass is 16.5. The summed E-state index contributed by atoms with van der Waals surface area (Å²) in [5.74, 6) is 1.90. The van der Waals surface area contributed by atoms with Crippen molar-refractivity contribution in [1.82, 2.24) is 14.7 Å². The number of aliphatic hydroxyl groups excluding tert-OH is 1. The van der Waals surface area contributed by atoms with Crippen molar-refractivity contribution in [3.8, 4) is 23.1 Å². The maximum absolute atomic E-state index is 10.8. The van der Waals surface area contributed by atoms with Crippen molar-refractivity contribution >= 4 is 0 Å². The Morgan fingerprint density at radius 2 is 1.67 bits per heavy atom. The molecule has 3 rings (SSSR count). The van der Waals surface area contributed by atoms with Gasteiger partial charge in [-0.25, -0.2) is 4.68 Å². The van der Waals surface area contributed by atoms with Gasteiger partial charge in [0.15, 0.2) is 11.5 Å². The zero-order chi connectivity index (χ0) is 26.3. The topological polar surface area (TPSA) is 69.0 Å². The Morgan fingerprint density at radius 3 is 2.28 bits per heavy atom. The van der Waals surface area contributed by atoms with Crippen LogP contribution in [0.1, 0.15) is 52.3 Å². The van der Waals surface area contributed by atoms with Gasteiger partial charge in [-0.05, 0) is 65.3 Å². The van der Waals surface area contributed by atoms with E-state index < -0.39 is 6.10 Å². The van der Waals surface area contributed by atoms with E-state index in [4.69, 9.17) is 19.3 Å². The van der Waals surface area contributed by atoms with Crippen molar-refractivity contribution in [2.75, 3.05) is 20.3 Å². The molecule has 0 spiro atoms. The smallest absolute Gasteiger partial charge is 0.227 e. The number of ether oxygens (including phenoxy) is 3. The average Bonchev–Trinajstić information content (AvgIpc) is 3.17. The summed E-state index contributed by atoms with van der Waals surface area (Å²) < 4.78 is 19.7. The van der Waals surface area contributed by atoms with Gasteiger partial charge in [-0.15, -0.1) is 0 Å². The molecule has 2 unspecified atom stereocenters. The Hall–Kier alpha value is -2.87. The van der Waals surface area contributed by atoms with E-state index in [1.165, 1.54) is 0 Å². The van der Waals surface area contributed by atoms with Gasteiger partial charge in [0.2, 0.25) is 5.88 Å². The molecule has 7 nitrogen and oxygen atoms in total. The van der Waals surface area contributed by atoms with Crippen molar-refractivity contribution in [3.05, 3.63) is 65.9 Å². The van der Waals surface area contributed by atoms with E-state index in [0.717, 1.165) is 23.4 Å². The number of aromatic nitrogens is 2. The van der Waals surface area contributed by atoms with Crippen LogP contribution in [0.3, 0.4) is 0 Å². The number of rotatable bonds is 12. The van der Waals surface area contributed by atoms with Gasteiger partial charge in [-0.2, -0.15) is 5.10 Å². The normalized spacial score (nSPS) is 13.6. The van der Waals surface area contributed by atoms with Gasteiger partial charge in [0.05, 0.1) is 42.4 Å². The molecule has 0 aliphatic rings. The maximum Gasteiger partial charge on any atom is 0.227 e. The molecule has 1 N–H and O–H groups in total. The summed E-state index contributed by atoms with van der Waals surface area (Å²) in [5.41, 5.74) is 2.45. The first kappa shape index (κ1) is 27.7. The zero-order valence-corrected chi connectivity index (χ0v) is 22.7. The number of aryl methyl sites for hydroxylation is 1.